The van der Waals surface area contributed by atoms with Crippen LogP contribution in [0.4, 0.5) is 11.4 Å². The van der Waals surface area contributed by atoms with E-state index in [0.29, 0.717) is 11.3 Å². The van der Waals surface area contributed by atoms with Crippen molar-refractivity contribution in [2.24, 2.45) is 11.8 Å². The van der Waals surface area contributed by atoms with Crippen molar-refractivity contribution in [3.63, 3.8) is 0 Å². The molecule has 4 aliphatic rings. The quantitative estimate of drug-likeness (QED) is 0.358. The molecule has 0 spiro atoms. The van der Waals surface area contributed by atoms with Crippen LogP contribution in [0.3, 0.4) is 0 Å². The van der Waals surface area contributed by atoms with E-state index in [2.05, 4.69) is 24.3 Å². The van der Waals surface area contributed by atoms with Crippen molar-refractivity contribution >= 4 is 23.2 Å². The highest BCUT2D eigenvalue weighted by atomic mass is 16.6. The zero-order chi connectivity index (χ0) is 21.4. The van der Waals surface area contributed by atoms with E-state index >= 15 is 0 Å². The molecule has 6 heteroatoms. The standard InChI is InChI=1S/C25H18N2O4/c1-13-12-14(27(30)31)10-11-19(13)26-24(28)22-20-15-6-2-3-7-16(15)21(23(22)25(26)29)18-9-5-4-8-17(18)20/h2-12,20-23H,1H3/t20?,21?,22-,23-/m0/s1. The van der Waals surface area contributed by atoms with Crippen LogP contribution in [0.25, 0.3) is 0 Å². The number of carbonyl (C=O) groups excluding carboxylic acids is 2. The fourth-order valence-electron chi connectivity index (χ4n) is 5.92. The van der Waals surface area contributed by atoms with Crippen molar-refractivity contribution in [3.8, 4) is 0 Å². The number of benzene rings is 3. The smallest absolute Gasteiger partial charge is 0.269 e. The molecule has 3 aliphatic carbocycles. The molecular formula is C25H18N2O4. The van der Waals surface area contributed by atoms with E-state index in [1.54, 1.807) is 6.92 Å². The molecule has 2 bridgehead atoms. The van der Waals surface area contributed by atoms with Crippen molar-refractivity contribution in [2.45, 2.75) is 18.8 Å². The molecule has 31 heavy (non-hydrogen) atoms. The summed E-state index contributed by atoms with van der Waals surface area (Å²) in [5, 5.41) is 11.1. The average Bonchev–Trinajstić information content (AvgIpc) is 3.04. The Morgan fingerprint density at radius 2 is 1.23 bits per heavy atom. The Morgan fingerprint density at radius 3 is 1.61 bits per heavy atom. The minimum Gasteiger partial charge on any atom is -0.274 e. The molecule has 0 radical (unpaired) electrons. The molecule has 1 heterocycles. The lowest BCUT2D eigenvalue weighted by molar-refractivity contribution is -0.384. The average molecular weight is 410 g/mol. The van der Waals surface area contributed by atoms with Gasteiger partial charge in [-0.2, -0.15) is 0 Å². The van der Waals surface area contributed by atoms with Crippen LogP contribution in [0.1, 0.15) is 39.7 Å². The Labute approximate surface area is 178 Å². The summed E-state index contributed by atoms with van der Waals surface area (Å²) in [5.41, 5.74) is 5.40. The summed E-state index contributed by atoms with van der Waals surface area (Å²) in [4.78, 5) is 39.3. The third kappa shape index (κ3) is 2.22. The molecule has 0 aromatic heterocycles. The molecule has 2 atom stereocenters. The van der Waals surface area contributed by atoms with Gasteiger partial charge in [-0.15, -0.1) is 0 Å². The summed E-state index contributed by atoms with van der Waals surface area (Å²) >= 11 is 0. The van der Waals surface area contributed by atoms with Gasteiger partial charge in [-0.1, -0.05) is 48.5 Å². The van der Waals surface area contributed by atoms with Gasteiger partial charge in [0.2, 0.25) is 11.8 Å². The maximum atomic E-state index is 13.7. The highest BCUT2D eigenvalue weighted by molar-refractivity contribution is 6.23. The molecule has 3 aromatic carbocycles. The second-order valence-corrected chi connectivity index (χ2v) is 8.50. The van der Waals surface area contributed by atoms with Gasteiger partial charge in [-0.25, -0.2) is 4.90 Å². The van der Waals surface area contributed by atoms with Crippen LogP contribution in [0.15, 0.2) is 66.7 Å². The number of non-ortho nitro benzene ring substituents is 1. The number of nitrogens with zero attached hydrogens (tertiary/aromatic N) is 2. The lowest BCUT2D eigenvalue weighted by atomic mass is 9.55. The topological polar surface area (TPSA) is 80.5 Å². The number of imide groups is 1. The Bertz CT molecular complexity index is 1200. The van der Waals surface area contributed by atoms with Crippen LogP contribution < -0.4 is 4.90 Å². The molecule has 6 nitrogen and oxygen atoms in total. The SMILES string of the molecule is Cc1cc([N+](=O)[O-])ccc1N1C(=O)[C@H]2C3c4ccccc4C(c4ccccc43)[C@@H]2C1=O. The van der Waals surface area contributed by atoms with Crippen LogP contribution in [0, 0.1) is 28.9 Å². The number of nitro benzene ring substituents is 1. The summed E-state index contributed by atoms with van der Waals surface area (Å²) in [6, 6.07) is 20.5. The fraction of sp³-hybridized carbons (Fsp3) is 0.200. The van der Waals surface area contributed by atoms with Crippen LogP contribution in [0.5, 0.6) is 0 Å². The molecule has 0 unspecified atom stereocenters. The minimum absolute atomic E-state index is 0.0577. The summed E-state index contributed by atoms with van der Waals surface area (Å²) in [6.07, 6.45) is 0. The number of carbonyl (C=O) groups is 2. The highest BCUT2D eigenvalue weighted by Gasteiger charge is 2.61. The number of anilines is 1. The predicted octanol–water partition coefficient (Wildman–Crippen LogP) is 4.30. The first-order valence-corrected chi connectivity index (χ1v) is 10.3. The lowest BCUT2D eigenvalue weighted by Gasteiger charge is -2.45. The fourth-order valence-corrected chi connectivity index (χ4v) is 5.92. The van der Waals surface area contributed by atoms with Gasteiger partial charge in [0.15, 0.2) is 0 Å². The minimum atomic E-state index is -0.475. The van der Waals surface area contributed by atoms with Crippen LogP contribution in [-0.4, -0.2) is 16.7 Å². The number of aryl methyl sites for hydroxylation is 1. The largest absolute Gasteiger partial charge is 0.274 e. The van der Waals surface area contributed by atoms with Crippen molar-refractivity contribution in [3.05, 3.63) is 105 Å². The van der Waals surface area contributed by atoms with E-state index in [0.717, 1.165) is 22.3 Å². The molecule has 0 saturated carbocycles. The van der Waals surface area contributed by atoms with E-state index in [9.17, 15) is 19.7 Å². The third-order valence-corrected chi connectivity index (χ3v) is 7.08. The zero-order valence-electron chi connectivity index (χ0n) is 16.7. The summed E-state index contributed by atoms with van der Waals surface area (Å²) in [7, 11) is 0. The molecule has 7 rings (SSSR count). The van der Waals surface area contributed by atoms with Crippen molar-refractivity contribution in [1.29, 1.82) is 0 Å². The van der Waals surface area contributed by atoms with E-state index in [-0.39, 0.29) is 29.3 Å². The molecule has 1 saturated heterocycles. The molecule has 1 aliphatic heterocycles. The number of amides is 2. The zero-order valence-corrected chi connectivity index (χ0v) is 16.7. The van der Waals surface area contributed by atoms with Gasteiger partial charge in [0.05, 0.1) is 22.4 Å². The van der Waals surface area contributed by atoms with Crippen molar-refractivity contribution in [2.75, 3.05) is 4.90 Å². The summed E-state index contributed by atoms with van der Waals surface area (Å²) in [5.74, 6) is -1.69. The van der Waals surface area contributed by atoms with Gasteiger partial charge in [-0.05, 0) is 40.8 Å². The van der Waals surface area contributed by atoms with E-state index < -0.39 is 16.8 Å². The number of nitro groups is 1. The maximum Gasteiger partial charge on any atom is 0.269 e. The van der Waals surface area contributed by atoms with E-state index in [1.165, 1.54) is 23.1 Å². The Hall–Kier alpha value is -3.80. The van der Waals surface area contributed by atoms with Gasteiger partial charge >= 0.3 is 0 Å². The third-order valence-electron chi connectivity index (χ3n) is 7.08. The summed E-state index contributed by atoms with van der Waals surface area (Å²) < 4.78 is 0. The number of rotatable bonds is 2. The van der Waals surface area contributed by atoms with Crippen molar-refractivity contribution in [1.82, 2.24) is 0 Å². The number of hydrogen-bond acceptors (Lipinski definition) is 4. The lowest BCUT2D eigenvalue weighted by Crippen LogP contribution is -2.41. The van der Waals surface area contributed by atoms with Gasteiger partial charge < -0.3 is 0 Å². The maximum absolute atomic E-state index is 13.7. The summed E-state index contributed by atoms with van der Waals surface area (Å²) in [6.45, 7) is 1.70. The Morgan fingerprint density at radius 1 is 0.774 bits per heavy atom. The first-order valence-electron chi connectivity index (χ1n) is 10.3. The predicted molar refractivity (Wildman–Crippen MR) is 114 cm³/mol. The first kappa shape index (κ1) is 18.0. The molecular weight excluding hydrogens is 392 g/mol. The van der Waals surface area contributed by atoms with E-state index in [4.69, 9.17) is 0 Å². The normalized spacial score (nSPS) is 25.3. The van der Waals surface area contributed by atoms with Gasteiger partial charge in [-0.3, -0.25) is 19.7 Å². The second-order valence-electron chi connectivity index (χ2n) is 8.50. The monoisotopic (exact) mass is 410 g/mol. The van der Waals surface area contributed by atoms with Gasteiger partial charge in [0.1, 0.15) is 0 Å². The first-order chi connectivity index (χ1) is 15.0. The Balaban J connectivity index is 1.53. The van der Waals surface area contributed by atoms with Gasteiger partial charge in [0.25, 0.3) is 5.69 Å². The van der Waals surface area contributed by atoms with Crippen LogP contribution >= 0.6 is 0 Å². The molecule has 1 fully saturated rings. The highest BCUT2D eigenvalue weighted by Crippen LogP contribution is 2.61. The molecule has 152 valence electrons. The second kappa shape index (κ2) is 6.11. The molecule has 3 aromatic rings. The van der Waals surface area contributed by atoms with Crippen LogP contribution in [0.2, 0.25) is 0 Å². The molecule has 2 amide bonds. The Kier molecular flexibility index (Phi) is 3.55. The number of hydrogen-bond donors (Lipinski definition) is 0. The molecule has 0 N–H and O–H groups in total. The van der Waals surface area contributed by atoms with E-state index in [1.807, 2.05) is 24.3 Å². The van der Waals surface area contributed by atoms with Crippen molar-refractivity contribution < 1.29 is 14.5 Å². The van der Waals surface area contributed by atoms with Gasteiger partial charge in [0, 0.05) is 24.0 Å². The van der Waals surface area contributed by atoms with Crippen LogP contribution in [-0.2, 0) is 9.59 Å².